The van der Waals surface area contributed by atoms with Gasteiger partial charge >= 0.3 is 6.18 Å². The van der Waals surface area contributed by atoms with Gasteiger partial charge in [0.2, 0.25) is 0 Å². The molecule has 0 unspecified atom stereocenters. The van der Waals surface area contributed by atoms with Gasteiger partial charge in [-0.2, -0.15) is 13.2 Å². The molecule has 0 radical (unpaired) electrons. The lowest BCUT2D eigenvalue weighted by atomic mass is 10.2. The third-order valence-corrected chi connectivity index (χ3v) is 2.71. The Morgan fingerprint density at radius 1 is 1.33 bits per heavy atom. The molecule has 0 fully saturated rings. The van der Waals surface area contributed by atoms with Crippen LogP contribution in [-0.4, -0.2) is 4.98 Å². The molecular weight excluding hydrogens is 285 g/mol. The van der Waals surface area contributed by atoms with Gasteiger partial charge in [0.25, 0.3) is 6.43 Å². The van der Waals surface area contributed by atoms with Crippen LogP contribution in [0.2, 0.25) is 0 Å². The average molecular weight is 290 g/mol. The normalized spacial score (nSPS) is 12.3. The fourth-order valence-corrected chi connectivity index (χ4v) is 1.36. The van der Waals surface area contributed by atoms with Gasteiger partial charge in [0.1, 0.15) is 5.69 Å². The Kier molecular flexibility index (Phi) is 3.32. The number of rotatable bonds is 1. The molecule has 1 aromatic heterocycles. The molecule has 0 aliphatic heterocycles. The highest BCUT2D eigenvalue weighted by molar-refractivity contribution is 9.10. The first-order chi connectivity index (χ1) is 6.73. The van der Waals surface area contributed by atoms with E-state index in [0.29, 0.717) is 6.07 Å². The molecule has 84 valence electrons. The lowest BCUT2D eigenvalue weighted by molar-refractivity contribution is -0.141. The Morgan fingerprint density at radius 3 is 2.27 bits per heavy atom. The molecule has 1 rings (SSSR count). The van der Waals surface area contributed by atoms with E-state index in [-0.39, 0.29) is 10.2 Å². The van der Waals surface area contributed by atoms with Gasteiger partial charge in [0, 0.05) is 10.0 Å². The quantitative estimate of drug-likeness (QED) is 0.709. The second kappa shape index (κ2) is 4.03. The van der Waals surface area contributed by atoms with Crippen molar-refractivity contribution < 1.29 is 22.0 Å². The SMILES string of the molecule is Cc1nc(C(F)(F)F)cc(C(F)F)c1Br. The highest BCUT2D eigenvalue weighted by atomic mass is 79.9. The molecule has 0 aliphatic carbocycles. The van der Waals surface area contributed by atoms with Gasteiger partial charge in [0.15, 0.2) is 0 Å². The molecule has 1 aromatic rings. The Labute approximate surface area is 90.4 Å². The molecule has 0 amide bonds. The third kappa shape index (κ3) is 2.64. The van der Waals surface area contributed by atoms with Gasteiger partial charge in [-0.15, -0.1) is 0 Å². The number of pyridine rings is 1. The largest absolute Gasteiger partial charge is 0.433 e. The molecular formula is C8H5BrF5N. The average Bonchev–Trinajstić information content (AvgIpc) is 2.06. The van der Waals surface area contributed by atoms with E-state index in [4.69, 9.17) is 0 Å². The maximum absolute atomic E-state index is 12.4. The van der Waals surface area contributed by atoms with E-state index < -0.39 is 23.9 Å². The minimum absolute atomic E-state index is 0.0921. The number of hydrogen-bond donors (Lipinski definition) is 0. The molecule has 0 atom stereocenters. The summed E-state index contributed by atoms with van der Waals surface area (Å²) in [5.74, 6) is 0. The van der Waals surface area contributed by atoms with E-state index in [1.165, 1.54) is 6.92 Å². The minimum atomic E-state index is -4.71. The van der Waals surface area contributed by atoms with Crippen LogP contribution in [0, 0.1) is 6.92 Å². The number of alkyl halides is 5. The van der Waals surface area contributed by atoms with Gasteiger partial charge in [-0.05, 0) is 28.9 Å². The van der Waals surface area contributed by atoms with E-state index in [1.54, 1.807) is 0 Å². The molecule has 1 nitrogen and oxygen atoms in total. The first-order valence-electron chi connectivity index (χ1n) is 3.76. The van der Waals surface area contributed by atoms with Crippen LogP contribution in [0.4, 0.5) is 22.0 Å². The minimum Gasteiger partial charge on any atom is -0.247 e. The monoisotopic (exact) mass is 289 g/mol. The molecule has 7 heteroatoms. The molecule has 1 heterocycles. The fourth-order valence-electron chi connectivity index (χ4n) is 0.986. The molecule has 0 aromatic carbocycles. The standard InChI is InChI=1S/C8H5BrF5N/c1-3-6(9)4(7(10)11)2-5(15-3)8(12,13)14/h2,7H,1H3. The van der Waals surface area contributed by atoms with E-state index in [9.17, 15) is 22.0 Å². The smallest absolute Gasteiger partial charge is 0.247 e. The maximum atomic E-state index is 12.4. The van der Waals surface area contributed by atoms with Crippen molar-refractivity contribution in [1.82, 2.24) is 4.98 Å². The molecule has 0 saturated carbocycles. The summed E-state index contributed by atoms with van der Waals surface area (Å²) < 4.78 is 61.3. The zero-order valence-corrected chi connectivity index (χ0v) is 8.96. The molecule has 0 bridgehead atoms. The van der Waals surface area contributed by atoms with Crippen LogP contribution in [-0.2, 0) is 6.18 Å². The molecule has 0 N–H and O–H groups in total. The summed E-state index contributed by atoms with van der Waals surface area (Å²) in [4.78, 5) is 3.18. The van der Waals surface area contributed by atoms with Gasteiger partial charge in [-0.25, -0.2) is 13.8 Å². The Balaban J connectivity index is 3.36. The summed E-state index contributed by atoms with van der Waals surface area (Å²) in [5, 5.41) is 0. The second-order valence-electron chi connectivity index (χ2n) is 2.79. The van der Waals surface area contributed by atoms with Crippen LogP contribution in [0.15, 0.2) is 10.5 Å². The second-order valence-corrected chi connectivity index (χ2v) is 3.59. The lowest BCUT2D eigenvalue weighted by Gasteiger charge is -2.11. The highest BCUT2D eigenvalue weighted by Crippen LogP contribution is 2.35. The van der Waals surface area contributed by atoms with Crippen LogP contribution < -0.4 is 0 Å². The maximum Gasteiger partial charge on any atom is 0.433 e. The first-order valence-corrected chi connectivity index (χ1v) is 4.55. The van der Waals surface area contributed by atoms with Crippen LogP contribution >= 0.6 is 15.9 Å². The van der Waals surface area contributed by atoms with Gasteiger partial charge in [0.05, 0.1) is 5.69 Å². The number of hydrogen-bond acceptors (Lipinski definition) is 1. The number of aryl methyl sites for hydroxylation is 1. The van der Waals surface area contributed by atoms with E-state index in [1.807, 2.05) is 0 Å². The predicted octanol–water partition coefficient (Wildman–Crippen LogP) is 4.11. The summed E-state index contributed by atoms with van der Waals surface area (Å²) >= 11 is 2.77. The van der Waals surface area contributed by atoms with E-state index >= 15 is 0 Å². The molecule has 0 aliphatic rings. The van der Waals surface area contributed by atoms with Crippen molar-refractivity contribution in [1.29, 1.82) is 0 Å². The van der Waals surface area contributed by atoms with Crippen LogP contribution in [0.25, 0.3) is 0 Å². The predicted molar refractivity (Wildman–Crippen MR) is 46.6 cm³/mol. The highest BCUT2D eigenvalue weighted by Gasteiger charge is 2.34. The summed E-state index contributed by atoms with van der Waals surface area (Å²) in [6.07, 6.45) is -7.68. The Bertz CT molecular complexity index is 374. The number of halogens is 6. The molecule has 0 spiro atoms. The first kappa shape index (κ1) is 12.4. The summed E-state index contributed by atoms with van der Waals surface area (Å²) in [6, 6.07) is 0.349. The van der Waals surface area contributed by atoms with Crippen LogP contribution in [0.3, 0.4) is 0 Å². The van der Waals surface area contributed by atoms with Gasteiger partial charge < -0.3 is 0 Å². The van der Waals surface area contributed by atoms with Crippen molar-refractivity contribution in [2.45, 2.75) is 19.5 Å². The Hall–Kier alpha value is -0.720. The topological polar surface area (TPSA) is 12.9 Å². The number of nitrogens with zero attached hydrogens (tertiary/aromatic N) is 1. The van der Waals surface area contributed by atoms with E-state index in [2.05, 4.69) is 20.9 Å². The summed E-state index contributed by atoms with van der Waals surface area (Å²) in [5.41, 5.74) is -2.12. The van der Waals surface area contributed by atoms with Crippen LogP contribution in [0.5, 0.6) is 0 Å². The molecule has 15 heavy (non-hydrogen) atoms. The fraction of sp³-hybridized carbons (Fsp3) is 0.375. The zero-order chi connectivity index (χ0) is 11.8. The van der Waals surface area contributed by atoms with Crippen molar-refractivity contribution in [3.8, 4) is 0 Å². The summed E-state index contributed by atoms with van der Waals surface area (Å²) in [7, 11) is 0. The van der Waals surface area contributed by atoms with Gasteiger partial charge in [-0.1, -0.05) is 0 Å². The summed E-state index contributed by atoms with van der Waals surface area (Å²) in [6.45, 7) is 1.23. The Morgan fingerprint density at radius 2 is 1.87 bits per heavy atom. The third-order valence-electron chi connectivity index (χ3n) is 1.68. The molecule has 0 saturated heterocycles. The number of aromatic nitrogens is 1. The van der Waals surface area contributed by atoms with Crippen molar-refractivity contribution in [3.05, 3.63) is 27.5 Å². The van der Waals surface area contributed by atoms with Crippen molar-refractivity contribution >= 4 is 15.9 Å². The zero-order valence-electron chi connectivity index (χ0n) is 7.37. The van der Waals surface area contributed by atoms with Crippen LogP contribution in [0.1, 0.15) is 23.4 Å². The van der Waals surface area contributed by atoms with Crippen molar-refractivity contribution in [2.75, 3.05) is 0 Å². The van der Waals surface area contributed by atoms with Crippen molar-refractivity contribution in [3.63, 3.8) is 0 Å². The van der Waals surface area contributed by atoms with Gasteiger partial charge in [-0.3, -0.25) is 0 Å². The lowest BCUT2D eigenvalue weighted by Crippen LogP contribution is -2.10. The van der Waals surface area contributed by atoms with Crippen molar-refractivity contribution in [2.24, 2.45) is 0 Å². The van der Waals surface area contributed by atoms with E-state index in [0.717, 1.165) is 0 Å².